The van der Waals surface area contributed by atoms with Gasteiger partial charge in [0.2, 0.25) is 15.9 Å². The zero-order chi connectivity index (χ0) is 23.5. The van der Waals surface area contributed by atoms with Gasteiger partial charge in [0.25, 0.3) is 5.56 Å². The first kappa shape index (κ1) is 24.0. The van der Waals surface area contributed by atoms with Crippen LogP contribution in [-0.4, -0.2) is 36.7 Å². The molecule has 1 amide bonds. The number of H-pyrrole nitrogens is 1. The fourth-order valence-corrected chi connectivity index (χ4v) is 5.92. The molecule has 3 rings (SSSR count). The Bertz CT molecular complexity index is 1240. The van der Waals surface area contributed by atoms with Crippen molar-refractivity contribution in [3.63, 3.8) is 0 Å². The number of nitrogens with zero attached hydrogens (tertiary/aromatic N) is 2. The molecule has 2 heterocycles. The molecule has 2 aromatic rings. The summed E-state index contributed by atoms with van der Waals surface area (Å²) in [5, 5.41) is 12.0. The second-order valence-electron chi connectivity index (χ2n) is 7.83. The van der Waals surface area contributed by atoms with Gasteiger partial charge in [0.1, 0.15) is 16.5 Å². The summed E-state index contributed by atoms with van der Waals surface area (Å²) >= 11 is 6.18. The first-order valence-corrected chi connectivity index (χ1v) is 12.2. The first-order chi connectivity index (χ1) is 15.1. The Morgan fingerprint density at radius 1 is 1.25 bits per heavy atom. The number of nitriles is 1. The van der Waals surface area contributed by atoms with Crippen LogP contribution in [0, 0.1) is 25.2 Å². The molecule has 10 heteroatoms. The number of nitrogens with one attached hydrogen (secondary N) is 2. The molecule has 0 bridgehead atoms. The smallest absolute Gasteiger partial charge is 0.266 e. The molecule has 0 aliphatic carbocycles. The number of hydrogen-bond donors (Lipinski definition) is 2. The van der Waals surface area contributed by atoms with E-state index in [9.17, 15) is 23.3 Å². The number of piperidine rings is 1. The minimum atomic E-state index is -3.74. The van der Waals surface area contributed by atoms with Crippen LogP contribution in [0.4, 0.5) is 5.69 Å². The number of halogens is 1. The molecule has 0 saturated carbocycles. The van der Waals surface area contributed by atoms with Crippen molar-refractivity contribution in [2.45, 2.75) is 50.8 Å². The van der Waals surface area contributed by atoms with Crippen LogP contribution in [0.1, 0.15) is 48.1 Å². The molecule has 8 nitrogen and oxygen atoms in total. The quantitative estimate of drug-likeness (QED) is 0.662. The van der Waals surface area contributed by atoms with E-state index >= 15 is 0 Å². The molecule has 170 valence electrons. The number of carbonyl (C=O) groups is 1. The third kappa shape index (κ3) is 5.04. The Hall–Kier alpha value is -2.67. The third-order valence-electron chi connectivity index (χ3n) is 5.67. The van der Waals surface area contributed by atoms with Crippen LogP contribution < -0.4 is 10.9 Å². The van der Waals surface area contributed by atoms with E-state index in [1.54, 1.807) is 19.9 Å². The minimum Gasteiger partial charge on any atom is -0.326 e. The average molecular weight is 477 g/mol. The summed E-state index contributed by atoms with van der Waals surface area (Å²) in [6, 6.07) is 6.29. The zero-order valence-corrected chi connectivity index (χ0v) is 19.6. The lowest BCUT2D eigenvalue weighted by Crippen LogP contribution is -2.35. The zero-order valence-electron chi connectivity index (χ0n) is 18.0. The van der Waals surface area contributed by atoms with Gasteiger partial charge in [0, 0.05) is 30.9 Å². The average Bonchev–Trinajstić information content (AvgIpc) is 2.75. The van der Waals surface area contributed by atoms with E-state index in [0.717, 1.165) is 24.8 Å². The predicted molar refractivity (Wildman–Crippen MR) is 122 cm³/mol. The Balaban J connectivity index is 1.75. The van der Waals surface area contributed by atoms with Gasteiger partial charge < -0.3 is 10.3 Å². The van der Waals surface area contributed by atoms with Gasteiger partial charge in [-0.1, -0.05) is 18.0 Å². The number of amides is 1. The Morgan fingerprint density at radius 2 is 1.94 bits per heavy atom. The number of aromatic amines is 1. The van der Waals surface area contributed by atoms with Gasteiger partial charge in [-0.05, 0) is 62.4 Å². The van der Waals surface area contributed by atoms with Crippen molar-refractivity contribution >= 4 is 33.2 Å². The standard InChI is InChI=1S/C22H25ClN4O4S/c1-14-17(15(2)25-22(29)18(14)13-24)7-9-21(28)26-16-6-8-19(23)20(12-16)32(30,31)27-10-4-3-5-11-27/h6,8,12H,3-5,7,9-11H2,1-2H3,(H,25,29)(H,26,28). The highest BCUT2D eigenvalue weighted by atomic mass is 35.5. The predicted octanol–water partition coefficient (Wildman–Crippen LogP) is 3.26. The molecule has 32 heavy (non-hydrogen) atoms. The second kappa shape index (κ2) is 9.86. The van der Waals surface area contributed by atoms with Gasteiger partial charge in [0.15, 0.2) is 0 Å². The van der Waals surface area contributed by atoms with Crippen LogP contribution in [0.25, 0.3) is 0 Å². The molecule has 0 unspecified atom stereocenters. The Labute approximate surface area is 192 Å². The number of rotatable bonds is 6. The van der Waals surface area contributed by atoms with Crippen molar-refractivity contribution in [2.75, 3.05) is 18.4 Å². The molecule has 1 saturated heterocycles. The minimum absolute atomic E-state index is 0.0233. The Morgan fingerprint density at radius 3 is 2.59 bits per heavy atom. The molecule has 1 aromatic carbocycles. The monoisotopic (exact) mass is 476 g/mol. The number of sulfonamides is 1. The maximum Gasteiger partial charge on any atom is 0.266 e. The highest BCUT2D eigenvalue weighted by Crippen LogP contribution is 2.29. The normalized spacial score (nSPS) is 14.7. The van der Waals surface area contributed by atoms with E-state index < -0.39 is 15.6 Å². The SMILES string of the molecule is Cc1[nH]c(=O)c(C#N)c(C)c1CCC(=O)Nc1ccc(Cl)c(S(=O)(=O)N2CCCCC2)c1. The van der Waals surface area contributed by atoms with Crippen molar-refractivity contribution in [1.29, 1.82) is 5.26 Å². The van der Waals surface area contributed by atoms with Crippen molar-refractivity contribution in [2.24, 2.45) is 0 Å². The first-order valence-electron chi connectivity index (χ1n) is 10.4. The number of anilines is 1. The number of pyridine rings is 1. The van der Waals surface area contributed by atoms with E-state index in [0.29, 0.717) is 36.5 Å². The topological polar surface area (TPSA) is 123 Å². The molecule has 0 atom stereocenters. The van der Waals surface area contributed by atoms with Gasteiger partial charge in [-0.2, -0.15) is 9.57 Å². The van der Waals surface area contributed by atoms with Crippen LogP contribution in [0.5, 0.6) is 0 Å². The molecule has 1 aliphatic heterocycles. The summed E-state index contributed by atoms with van der Waals surface area (Å²) in [7, 11) is -3.74. The summed E-state index contributed by atoms with van der Waals surface area (Å²) < 4.78 is 27.4. The van der Waals surface area contributed by atoms with Crippen molar-refractivity contribution in [3.05, 3.63) is 56.0 Å². The fraction of sp³-hybridized carbons (Fsp3) is 0.409. The van der Waals surface area contributed by atoms with E-state index in [1.807, 2.05) is 6.07 Å². The number of aromatic nitrogens is 1. The molecule has 0 spiro atoms. The number of aryl methyl sites for hydroxylation is 1. The molecule has 1 aromatic heterocycles. The second-order valence-corrected chi connectivity index (χ2v) is 10.1. The van der Waals surface area contributed by atoms with Crippen LogP contribution >= 0.6 is 11.6 Å². The molecule has 1 fully saturated rings. The highest BCUT2D eigenvalue weighted by Gasteiger charge is 2.28. The summed E-state index contributed by atoms with van der Waals surface area (Å²) in [5.41, 5.74) is 1.84. The molecule has 2 N–H and O–H groups in total. The van der Waals surface area contributed by atoms with Crippen molar-refractivity contribution in [1.82, 2.24) is 9.29 Å². The van der Waals surface area contributed by atoms with E-state index in [-0.39, 0.29) is 27.8 Å². The largest absolute Gasteiger partial charge is 0.326 e. The van der Waals surface area contributed by atoms with Crippen LogP contribution in [0.3, 0.4) is 0 Å². The van der Waals surface area contributed by atoms with Crippen molar-refractivity contribution < 1.29 is 13.2 Å². The lowest BCUT2D eigenvalue weighted by molar-refractivity contribution is -0.116. The number of benzene rings is 1. The van der Waals surface area contributed by atoms with E-state index in [4.69, 9.17) is 11.6 Å². The molecule has 1 aliphatic rings. The maximum atomic E-state index is 13.0. The van der Waals surface area contributed by atoms with Gasteiger partial charge in [-0.15, -0.1) is 0 Å². The lowest BCUT2D eigenvalue weighted by Gasteiger charge is -2.26. The van der Waals surface area contributed by atoms with Crippen LogP contribution in [-0.2, 0) is 21.2 Å². The molecular formula is C22H25ClN4O4S. The fourth-order valence-electron chi connectivity index (χ4n) is 3.91. The van der Waals surface area contributed by atoms with Crippen LogP contribution in [0.15, 0.2) is 27.9 Å². The number of hydrogen-bond acceptors (Lipinski definition) is 5. The highest BCUT2D eigenvalue weighted by molar-refractivity contribution is 7.89. The molecule has 0 radical (unpaired) electrons. The van der Waals surface area contributed by atoms with Crippen molar-refractivity contribution in [3.8, 4) is 6.07 Å². The number of carbonyl (C=O) groups excluding carboxylic acids is 1. The third-order valence-corrected chi connectivity index (χ3v) is 8.05. The van der Waals surface area contributed by atoms with Crippen LogP contribution in [0.2, 0.25) is 5.02 Å². The molecular weight excluding hydrogens is 452 g/mol. The van der Waals surface area contributed by atoms with Gasteiger partial charge in [0.05, 0.1) is 5.02 Å². The van der Waals surface area contributed by atoms with Gasteiger partial charge >= 0.3 is 0 Å². The Kier molecular flexibility index (Phi) is 7.39. The van der Waals surface area contributed by atoms with Gasteiger partial charge in [-0.25, -0.2) is 8.42 Å². The summed E-state index contributed by atoms with van der Waals surface area (Å²) in [4.78, 5) is 27.0. The summed E-state index contributed by atoms with van der Waals surface area (Å²) in [6.45, 7) is 4.32. The van der Waals surface area contributed by atoms with Gasteiger partial charge in [-0.3, -0.25) is 9.59 Å². The summed E-state index contributed by atoms with van der Waals surface area (Å²) in [5.74, 6) is -0.322. The van der Waals surface area contributed by atoms with E-state index in [1.165, 1.54) is 16.4 Å². The van der Waals surface area contributed by atoms with E-state index in [2.05, 4.69) is 10.3 Å². The summed E-state index contributed by atoms with van der Waals surface area (Å²) in [6.07, 6.45) is 3.03. The maximum absolute atomic E-state index is 13.0. The lowest BCUT2D eigenvalue weighted by atomic mass is 9.99.